The number of nitrogens with zero attached hydrogens (tertiary/aromatic N) is 6. The molecular formula is C38H52N6O3. The van der Waals surface area contributed by atoms with Gasteiger partial charge < -0.3 is 19.8 Å². The molecule has 252 valence electrons. The number of ketones is 2. The Morgan fingerprint density at radius 3 is 2.21 bits per heavy atom. The van der Waals surface area contributed by atoms with Crippen molar-refractivity contribution in [3.05, 3.63) is 41.5 Å². The zero-order valence-electron chi connectivity index (χ0n) is 28.5. The van der Waals surface area contributed by atoms with Crippen molar-refractivity contribution >= 4 is 29.2 Å². The fourth-order valence-corrected chi connectivity index (χ4v) is 10.8. The molecule has 3 saturated heterocycles. The van der Waals surface area contributed by atoms with Gasteiger partial charge in [0, 0.05) is 69.8 Å². The lowest BCUT2D eigenvalue weighted by molar-refractivity contribution is -0.129. The fourth-order valence-electron chi connectivity index (χ4n) is 10.8. The number of carbonyl (C=O) groups excluding carboxylic acids is 2. The van der Waals surface area contributed by atoms with Crippen LogP contribution in [0.5, 0.6) is 0 Å². The predicted octanol–water partition coefficient (Wildman–Crippen LogP) is 4.43. The van der Waals surface area contributed by atoms with Crippen molar-refractivity contribution in [3.8, 4) is 0 Å². The van der Waals surface area contributed by atoms with Gasteiger partial charge in [-0.3, -0.25) is 14.5 Å². The number of aromatic nitrogens is 2. The Hall–Kier alpha value is -3.04. The number of anilines is 3. The van der Waals surface area contributed by atoms with Crippen LogP contribution in [0.2, 0.25) is 0 Å². The van der Waals surface area contributed by atoms with E-state index in [1.54, 1.807) is 12.2 Å². The average molecular weight is 641 g/mol. The minimum absolute atomic E-state index is 0.0154. The van der Waals surface area contributed by atoms with Crippen molar-refractivity contribution in [3.63, 3.8) is 0 Å². The molecule has 9 nitrogen and oxygen atoms in total. The Kier molecular flexibility index (Phi) is 7.86. The summed E-state index contributed by atoms with van der Waals surface area (Å²) < 4.78 is 0. The smallest absolute Gasteiger partial charge is 0.229 e. The summed E-state index contributed by atoms with van der Waals surface area (Å²) >= 11 is 0. The average Bonchev–Trinajstić information content (AvgIpc) is 3.83. The molecule has 8 rings (SSSR count). The van der Waals surface area contributed by atoms with Gasteiger partial charge in [0.2, 0.25) is 5.95 Å². The fraction of sp³-hybridized carbons (Fsp3) is 0.684. The van der Waals surface area contributed by atoms with Crippen LogP contribution in [0.4, 0.5) is 17.6 Å². The van der Waals surface area contributed by atoms with Gasteiger partial charge in [-0.25, -0.2) is 0 Å². The van der Waals surface area contributed by atoms with E-state index >= 15 is 0 Å². The molecule has 7 aliphatic rings. The van der Waals surface area contributed by atoms with Crippen molar-refractivity contribution in [2.24, 2.45) is 34.5 Å². The number of hydrogen-bond acceptors (Lipinski definition) is 9. The Labute approximate surface area is 279 Å². The van der Waals surface area contributed by atoms with Gasteiger partial charge in [-0.2, -0.15) is 9.97 Å². The molecule has 4 heterocycles. The number of carbonyl (C=O) groups is 2. The van der Waals surface area contributed by atoms with Gasteiger partial charge >= 0.3 is 0 Å². The van der Waals surface area contributed by atoms with E-state index in [1.807, 2.05) is 6.08 Å². The molecule has 2 saturated carbocycles. The third kappa shape index (κ3) is 5.27. The van der Waals surface area contributed by atoms with Gasteiger partial charge in [0.15, 0.2) is 11.6 Å². The van der Waals surface area contributed by atoms with Crippen LogP contribution >= 0.6 is 0 Å². The standard InChI is InChI=1S/C38H52N6O3/c1-25-20-29-27-22-31(46)30-21-26(45)8-10-37(30,2)28(27)9-11-38(29,3)35(25)32(47)24-41-16-18-43(19-17-41)34-23-33(42-12-4-5-13-42)39-36(40-34)44-14-6-7-15-44/h8-10,21,23,25,27,29,31,35,46H,4-7,11-20,22,24H2,1-3H3/t25-,27-,29+,31+,35-,37-,38+/m1/s1. The van der Waals surface area contributed by atoms with E-state index in [1.165, 1.54) is 31.3 Å². The van der Waals surface area contributed by atoms with Crippen molar-refractivity contribution < 1.29 is 14.7 Å². The number of piperazine rings is 1. The summed E-state index contributed by atoms with van der Waals surface area (Å²) in [6.07, 6.45) is 14.5. The molecule has 0 bridgehead atoms. The Morgan fingerprint density at radius 2 is 1.53 bits per heavy atom. The summed E-state index contributed by atoms with van der Waals surface area (Å²) in [6, 6.07) is 2.19. The van der Waals surface area contributed by atoms with Gasteiger partial charge in [0.05, 0.1) is 12.6 Å². The number of hydrogen-bond donors (Lipinski definition) is 1. The molecule has 0 amide bonds. The minimum atomic E-state index is -0.618. The molecule has 4 aliphatic carbocycles. The zero-order chi connectivity index (χ0) is 32.5. The molecule has 7 atom stereocenters. The molecule has 0 spiro atoms. The number of rotatable bonds is 6. The molecule has 3 aliphatic heterocycles. The third-order valence-electron chi connectivity index (χ3n) is 13.2. The van der Waals surface area contributed by atoms with Crippen LogP contribution in [0.25, 0.3) is 0 Å². The summed E-state index contributed by atoms with van der Waals surface area (Å²) in [5.41, 5.74) is 1.67. The predicted molar refractivity (Wildman–Crippen MR) is 185 cm³/mol. The molecule has 1 N–H and O–H groups in total. The van der Waals surface area contributed by atoms with Gasteiger partial charge in [0.1, 0.15) is 11.6 Å². The van der Waals surface area contributed by atoms with Gasteiger partial charge in [-0.1, -0.05) is 31.6 Å². The van der Waals surface area contributed by atoms with E-state index in [0.29, 0.717) is 30.6 Å². The van der Waals surface area contributed by atoms with E-state index in [-0.39, 0.29) is 23.0 Å². The van der Waals surface area contributed by atoms with Crippen LogP contribution in [0.3, 0.4) is 0 Å². The number of Topliss-reactive ketones (excluding diaryl/α,β-unsaturated/α-hetero) is 1. The zero-order valence-corrected chi connectivity index (χ0v) is 28.5. The Balaban J connectivity index is 0.955. The van der Waals surface area contributed by atoms with Crippen molar-refractivity contribution in [1.29, 1.82) is 0 Å². The minimum Gasteiger partial charge on any atom is -0.389 e. The van der Waals surface area contributed by atoms with Crippen LogP contribution in [0.15, 0.2) is 41.5 Å². The molecule has 0 radical (unpaired) electrons. The van der Waals surface area contributed by atoms with Crippen LogP contribution in [-0.4, -0.2) is 96.5 Å². The van der Waals surface area contributed by atoms with E-state index in [9.17, 15) is 14.7 Å². The summed E-state index contributed by atoms with van der Waals surface area (Å²) in [5.74, 6) is 4.23. The highest BCUT2D eigenvalue weighted by Gasteiger charge is 2.60. The topological polar surface area (TPSA) is 93.1 Å². The lowest BCUT2D eigenvalue weighted by atomic mass is 9.51. The molecule has 0 unspecified atom stereocenters. The molecule has 9 heteroatoms. The summed E-state index contributed by atoms with van der Waals surface area (Å²) in [5, 5.41) is 11.3. The van der Waals surface area contributed by atoms with Gasteiger partial charge in [0.25, 0.3) is 0 Å². The highest BCUT2D eigenvalue weighted by atomic mass is 16.3. The number of allylic oxidation sites excluding steroid dienone is 5. The van der Waals surface area contributed by atoms with Gasteiger partial charge in [-0.15, -0.1) is 0 Å². The highest BCUT2D eigenvalue weighted by molar-refractivity contribution is 6.01. The van der Waals surface area contributed by atoms with Crippen LogP contribution in [-0.2, 0) is 9.59 Å². The molecular weight excluding hydrogens is 588 g/mol. The second-order valence-corrected chi connectivity index (χ2v) is 16.1. The number of fused-ring (bicyclic) bond motifs is 5. The van der Waals surface area contributed by atoms with Gasteiger partial charge in [-0.05, 0) is 92.8 Å². The van der Waals surface area contributed by atoms with Crippen LogP contribution in [0.1, 0.15) is 65.7 Å². The second kappa shape index (κ2) is 11.8. The maximum Gasteiger partial charge on any atom is 0.229 e. The monoisotopic (exact) mass is 640 g/mol. The second-order valence-electron chi connectivity index (χ2n) is 16.1. The normalized spacial score (nSPS) is 37.1. The maximum absolute atomic E-state index is 14.3. The largest absolute Gasteiger partial charge is 0.389 e. The van der Waals surface area contributed by atoms with Crippen molar-refractivity contribution in [2.45, 2.75) is 71.8 Å². The number of aliphatic hydroxyl groups is 1. The van der Waals surface area contributed by atoms with Crippen molar-refractivity contribution in [1.82, 2.24) is 14.9 Å². The molecule has 1 aromatic rings. The van der Waals surface area contributed by atoms with E-state index < -0.39 is 11.5 Å². The Bertz CT molecular complexity index is 1480. The summed E-state index contributed by atoms with van der Waals surface area (Å²) in [7, 11) is 0. The van der Waals surface area contributed by atoms with E-state index in [2.05, 4.69) is 52.5 Å². The first-order valence-corrected chi connectivity index (χ1v) is 18.4. The first kappa shape index (κ1) is 31.2. The lowest BCUT2D eigenvalue weighted by Gasteiger charge is -2.53. The first-order chi connectivity index (χ1) is 22.6. The third-order valence-corrected chi connectivity index (χ3v) is 13.2. The molecule has 5 fully saturated rings. The van der Waals surface area contributed by atoms with E-state index in [4.69, 9.17) is 9.97 Å². The molecule has 0 aromatic carbocycles. The Morgan fingerprint density at radius 1 is 0.894 bits per heavy atom. The van der Waals surface area contributed by atoms with Crippen LogP contribution in [0, 0.1) is 34.5 Å². The summed E-state index contributed by atoms with van der Waals surface area (Å²) in [6.45, 7) is 14.9. The van der Waals surface area contributed by atoms with E-state index in [0.717, 1.165) is 88.4 Å². The SMILES string of the molecule is C[C@@H]1C[C@H]2[C@@H]3C[C@H](O)C4=CC(=O)C=C[C@]4(C)C3=CC[C@]2(C)[C@H]1C(=O)CN1CCN(c2cc(N3CCCC3)nc(N3CCCC3)n2)CC1. The van der Waals surface area contributed by atoms with Crippen LogP contribution < -0.4 is 14.7 Å². The highest BCUT2D eigenvalue weighted by Crippen LogP contribution is 2.65. The maximum atomic E-state index is 14.3. The first-order valence-electron chi connectivity index (χ1n) is 18.4. The summed E-state index contributed by atoms with van der Waals surface area (Å²) in [4.78, 5) is 46.1. The lowest BCUT2D eigenvalue weighted by Crippen LogP contribution is -2.51. The number of aliphatic hydroxyl groups excluding tert-OH is 1. The molecule has 1 aromatic heterocycles. The van der Waals surface area contributed by atoms with Crippen molar-refractivity contribution in [2.75, 3.05) is 73.6 Å². The quantitative estimate of drug-likeness (QED) is 0.454. The molecule has 47 heavy (non-hydrogen) atoms.